The molecular weight excluding hydrogens is 764 g/mol. The summed E-state index contributed by atoms with van der Waals surface area (Å²) in [6.07, 6.45) is -4.42. The van der Waals surface area contributed by atoms with Gasteiger partial charge in [-0.3, -0.25) is 14.5 Å². The van der Waals surface area contributed by atoms with Crippen LogP contribution in [-0.4, -0.2) is 147 Å². The van der Waals surface area contributed by atoms with Crippen LogP contribution in [0.2, 0.25) is 0 Å². The highest BCUT2D eigenvalue weighted by Crippen LogP contribution is 2.45. The smallest absolute Gasteiger partial charge is 0.411 e. The second-order valence-corrected chi connectivity index (χ2v) is 18.1. The summed E-state index contributed by atoms with van der Waals surface area (Å²) in [5, 5.41) is 24.9. The van der Waals surface area contributed by atoms with Crippen LogP contribution in [0.5, 0.6) is 0 Å². The zero-order chi connectivity index (χ0) is 42.6. The maximum absolute atomic E-state index is 14.9. The second kappa shape index (κ2) is 17.0. The van der Waals surface area contributed by atoms with Crippen molar-refractivity contribution in [1.29, 1.82) is 0 Å². The maximum atomic E-state index is 14.9. The number of fused-ring (bicyclic) bond motifs is 6. The number of benzene rings is 1. The molecule has 0 spiro atoms. The van der Waals surface area contributed by atoms with Crippen molar-refractivity contribution in [3.8, 4) is 0 Å². The van der Waals surface area contributed by atoms with Gasteiger partial charge in [-0.05, 0) is 73.2 Å². The second-order valence-electron chi connectivity index (χ2n) is 18.1. The molecule has 17 heteroatoms. The van der Waals surface area contributed by atoms with E-state index >= 15 is 0 Å². The fourth-order valence-electron chi connectivity index (χ4n) is 10.4. The van der Waals surface area contributed by atoms with Gasteiger partial charge in [0.05, 0.1) is 66.9 Å². The Morgan fingerprint density at radius 1 is 1.05 bits per heavy atom. The molecule has 5 fully saturated rings. The number of amides is 1. The highest BCUT2D eigenvalue weighted by atomic mass is 16.7. The lowest BCUT2D eigenvalue weighted by atomic mass is 9.73. The third-order valence-corrected chi connectivity index (χ3v) is 13.6. The largest absolute Gasteiger partial charge is 0.458 e. The van der Waals surface area contributed by atoms with Gasteiger partial charge >= 0.3 is 12.1 Å². The van der Waals surface area contributed by atoms with Crippen molar-refractivity contribution < 1.29 is 52.7 Å². The van der Waals surface area contributed by atoms with Gasteiger partial charge in [-0.2, -0.15) is 0 Å². The highest BCUT2D eigenvalue weighted by molar-refractivity contribution is 5.92. The summed E-state index contributed by atoms with van der Waals surface area (Å²) in [5.41, 5.74) is -0.756. The highest BCUT2D eigenvalue weighted by Gasteiger charge is 2.61. The summed E-state index contributed by atoms with van der Waals surface area (Å²) >= 11 is 0. The van der Waals surface area contributed by atoms with E-state index < -0.39 is 89.6 Å². The molecule has 6 bridgehead atoms. The van der Waals surface area contributed by atoms with Crippen molar-refractivity contribution in [3.63, 3.8) is 0 Å². The maximum Gasteiger partial charge on any atom is 0.411 e. The van der Waals surface area contributed by atoms with E-state index in [4.69, 9.17) is 33.3 Å². The van der Waals surface area contributed by atoms with Crippen LogP contribution >= 0.6 is 0 Å². The normalized spacial score (nSPS) is 41.6. The number of hydrogen-bond donors (Lipinski definition) is 1. The molecule has 2 aromatic rings. The predicted molar refractivity (Wildman–Crippen MR) is 213 cm³/mol. The lowest BCUT2D eigenvalue weighted by molar-refractivity contribution is -0.302. The van der Waals surface area contributed by atoms with Crippen LogP contribution in [0, 0.1) is 29.6 Å². The van der Waals surface area contributed by atoms with Crippen LogP contribution in [0.25, 0.3) is 11.0 Å². The predicted octanol–water partition coefficient (Wildman–Crippen LogP) is 3.80. The van der Waals surface area contributed by atoms with Gasteiger partial charge in [-0.1, -0.05) is 50.2 Å². The summed E-state index contributed by atoms with van der Waals surface area (Å²) in [4.78, 5) is 53.0. The monoisotopic (exact) mass is 826 g/mol. The van der Waals surface area contributed by atoms with Crippen molar-refractivity contribution in [1.82, 2.24) is 24.8 Å². The Kier molecular flexibility index (Phi) is 12.5. The molecule has 0 radical (unpaired) electrons. The number of aliphatic hydroxyl groups is 1. The number of cyclic esters (lactones) is 1. The summed E-state index contributed by atoms with van der Waals surface area (Å²) in [5.74, 6) is -4.06. The van der Waals surface area contributed by atoms with Gasteiger partial charge in [0.15, 0.2) is 11.9 Å². The summed E-state index contributed by atoms with van der Waals surface area (Å²) in [7, 11) is 3.82. The molecule has 1 aromatic carbocycles. The molecule has 5 aliphatic heterocycles. The van der Waals surface area contributed by atoms with Crippen molar-refractivity contribution >= 4 is 34.6 Å². The Bertz CT molecular complexity index is 1890. The minimum absolute atomic E-state index is 0.0206. The molecule has 6 heterocycles. The van der Waals surface area contributed by atoms with E-state index in [2.05, 4.69) is 15.5 Å². The van der Waals surface area contributed by atoms with Crippen LogP contribution in [0.3, 0.4) is 0 Å². The molecule has 1 N–H and O–H groups in total. The van der Waals surface area contributed by atoms with Crippen molar-refractivity contribution in [3.05, 3.63) is 24.3 Å². The van der Waals surface area contributed by atoms with E-state index in [0.29, 0.717) is 24.1 Å². The molecule has 7 rings (SSSR count). The number of nitrogens with zero attached hydrogens (tertiary/aromatic N) is 6. The van der Waals surface area contributed by atoms with E-state index in [1.54, 1.807) is 25.5 Å². The molecule has 59 heavy (non-hydrogen) atoms. The Morgan fingerprint density at radius 2 is 1.80 bits per heavy atom. The molecule has 326 valence electrons. The minimum atomic E-state index is -1.40. The molecule has 17 nitrogen and oxygen atoms in total. The number of hydrogen-bond acceptors (Lipinski definition) is 15. The zero-order valence-electron chi connectivity index (χ0n) is 36.0. The number of ether oxygens (including phenoxy) is 6. The van der Waals surface area contributed by atoms with E-state index in [0.717, 1.165) is 5.52 Å². The first-order valence-corrected chi connectivity index (χ1v) is 21.1. The first kappa shape index (κ1) is 43.4. The van der Waals surface area contributed by atoms with Crippen LogP contribution in [0.15, 0.2) is 29.4 Å². The summed E-state index contributed by atoms with van der Waals surface area (Å²) in [6.45, 7) is 14.7. The van der Waals surface area contributed by atoms with E-state index in [1.807, 2.05) is 77.9 Å². The molecule has 5 aliphatic rings. The fourth-order valence-corrected chi connectivity index (χ4v) is 10.4. The molecule has 1 amide bonds. The molecule has 3 unspecified atom stereocenters. The molecule has 0 saturated carbocycles. The number of carbonyl (C=O) groups is 3. The Hall–Kier alpha value is -3.74. The number of esters is 1. The van der Waals surface area contributed by atoms with Gasteiger partial charge in [0.25, 0.3) is 0 Å². The van der Waals surface area contributed by atoms with Crippen LogP contribution in [0.4, 0.5) is 4.79 Å². The Morgan fingerprint density at radius 3 is 2.53 bits per heavy atom. The van der Waals surface area contributed by atoms with Gasteiger partial charge in [0.1, 0.15) is 23.5 Å². The topological polar surface area (TPSA) is 186 Å². The number of carbonyl (C=O) groups excluding carboxylic acids is 3. The number of para-hydroxylation sites is 1. The average Bonchev–Trinajstić information content (AvgIpc) is 3.73. The first-order chi connectivity index (χ1) is 28.0. The number of Topliss-reactive ketones (excluding diaryl/α,β-unsaturated/α-hetero) is 1. The molecule has 1 aromatic heterocycles. The molecular formula is C42H62N6O11. The molecule has 5 saturated heterocycles. The molecule has 0 aliphatic carbocycles. The Labute approximate surface area is 345 Å². The van der Waals surface area contributed by atoms with Gasteiger partial charge in [0.2, 0.25) is 6.73 Å². The third kappa shape index (κ3) is 8.10. The van der Waals surface area contributed by atoms with Gasteiger partial charge in [0, 0.05) is 29.7 Å². The van der Waals surface area contributed by atoms with Crippen LogP contribution in [0.1, 0.15) is 74.7 Å². The quantitative estimate of drug-likeness (QED) is 0.314. The minimum Gasteiger partial charge on any atom is -0.458 e. The first-order valence-electron chi connectivity index (χ1n) is 21.1. The van der Waals surface area contributed by atoms with Crippen LogP contribution < -0.4 is 0 Å². The Balaban J connectivity index is 1.37. The van der Waals surface area contributed by atoms with Crippen molar-refractivity contribution in [2.24, 2.45) is 34.7 Å². The molecule has 15 atom stereocenters. The number of ketones is 1. The zero-order valence-corrected chi connectivity index (χ0v) is 36.0. The van der Waals surface area contributed by atoms with Crippen molar-refractivity contribution in [2.75, 3.05) is 33.9 Å². The lowest BCUT2D eigenvalue weighted by Gasteiger charge is -2.48. The number of aliphatic hydroxyl groups excluding tert-OH is 1. The third-order valence-electron chi connectivity index (χ3n) is 13.6. The van der Waals surface area contributed by atoms with Gasteiger partial charge in [-0.15, -0.1) is 5.10 Å². The number of rotatable bonds is 7. The number of aromatic nitrogens is 3. The van der Waals surface area contributed by atoms with Gasteiger partial charge in [-0.25, -0.2) is 9.48 Å². The lowest BCUT2D eigenvalue weighted by Crippen LogP contribution is -2.61. The SMILES string of the molecule is CC[C@H]1OC(=O)[C@H](C)[C@H]2OCC3COC(C)(C[C@@H](C)C(=O)[C@H](C)[C@@H]4N(C/C3=N/OCn3nnc5ccccc53)C(=O)OC41C)[C@H](O[C@@H]1O[C@H](C)C[C@H](N(C)C)[C@H]1O)[C@H]2C. The van der Waals surface area contributed by atoms with Crippen LogP contribution in [-0.2, 0) is 49.6 Å². The van der Waals surface area contributed by atoms with Gasteiger partial charge < -0.3 is 43.3 Å². The van der Waals surface area contributed by atoms with E-state index in [-0.39, 0.29) is 50.8 Å². The summed E-state index contributed by atoms with van der Waals surface area (Å²) in [6, 6.07) is 6.38. The number of likely N-dealkylation sites (N-methyl/N-ethyl adjacent to an activating group) is 1. The fraction of sp³-hybridized carbons (Fsp3) is 0.762. The number of oxime groups is 1. The average molecular weight is 827 g/mol. The van der Waals surface area contributed by atoms with E-state index in [1.165, 1.54) is 4.90 Å². The van der Waals surface area contributed by atoms with E-state index in [9.17, 15) is 19.5 Å². The van der Waals surface area contributed by atoms with Crippen molar-refractivity contribution in [2.45, 2.75) is 141 Å². The summed E-state index contributed by atoms with van der Waals surface area (Å²) < 4.78 is 41.3. The standard InChI is InChI=1S/C42H62N6O11/c1-11-32-42(8)36-24(4)33(49)22(2)17-41(7)37(58-39-34(50)31(46(9)10)16-23(3)56-39)25(5)35(26(6)38(51)57-32)53-19-27(20-54-41)29(18-47(36)40(52)59-42)44-55-21-48-30-15-13-12-14-28(30)43-45-48/h12-15,22-27,31-32,34-37,39,50H,11,16-21H2,1-10H3/b44-29-/t22-,23-,24+,25+,26-,27?,31+,32-,34-,35+,36+,37-,39+,41?,42?/m1/s1.